The smallest absolute Gasteiger partial charge is 0.310 e. The number of carbonyl (C=O) groups excluding carboxylic acids is 1. The molecule has 1 aromatic heterocycles. The number of aromatic nitrogens is 1. The minimum atomic E-state index is -0.182. The van der Waals surface area contributed by atoms with E-state index in [2.05, 4.69) is 24.9 Å². The predicted molar refractivity (Wildman–Crippen MR) is 76.2 cm³/mol. The van der Waals surface area contributed by atoms with Crippen molar-refractivity contribution in [1.29, 1.82) is 0 Å². The molecule has 3 heteroatoms. The van der Waals surface area contributed by atoms with Crippen molar-refractivity contribution in [3.05, 3.63) is 41.7 Å². The molecule has 0 amide bonds. The van der Waals surface area contributed by atoms with Gasteiger partial charge in [-0.15, -0.1) is 0 Å². The zero-order chi connectivity index (χ0) is 13.8. The van der Waals surface area contributed by atoms with Gasteiger partial charge in [-0.25, -0.2) is 0 Å². The minimum absolute atomic E-state index is 0.182. The van der Waals surface area contributed by atoms with Gasteiger partial charge in [0.2, 0.25) is 0 Å². The number of hydrogen-bond donors (Lipinski definition) is 0. The lowest BCUT2D eigenvalue weighted by Crippen LogP contribution is -2.08. The number of carbonyl (C=O) groups is 1. The van der Waals surface area contributed by atoms with Crippen LogP contribution in [0, 0.1) is 0 Å². The zero-order valence-corrected chi connectivity index (χ0v) is 11.6. The third-order valence-electron chi connectivity index (χ3n) is 3.11. The summed E-state index contributed by atoms with van der Waals surface area (Å²) in [5.41, 5.74) is 2.07. The molecule has 0 bridgehead atoms. The van der Waals surface area contributed by atoms with Gasteiger partial charge >= 0.3 is 5.97 Å². The van der Waals surface area contributed by atoms with Crippen LogP contribution in [0.25, 0.3) is 10.8 Å². The fourth-order valence-electron chi connectivity index (χ4n) is 2.28. The van der Waals surface area contributed by atoms with E-state index in [0.717, 1.165) is 22.0 Å². The van der Waals surface area contributed by atoms with E-state index in [1.165, 1.54) is 0 Å². The van der Waals surface area contributed by atoms with Gasteiger partial charge in [0, 0.05) is 11.6 Å². The Morgan fingerprint density at radius 2 is 2.05 bits per heavy atom. The molecule has 0 saturated carbocycles. The van der Waals surface area contributed by atoms with Crippen molar-refractivity contribution in [2.75, 3.05) is 6.61 Å². The summed E-state index contributed by atoms with van der Waals surface area (Å²) in [6.45, 7) is 6.49. The molecule has 0 aliphatic carbocycles. The number of ether oxygens (including phenoxy) is 1. The van der Waals surface area contributed by atoms with Gasteiger partial charge in [0.1, 0.15) is 0 Å². The summed E-state index contributed by atoms with van der Waals surface area (Å²) in [6, 6.07) is 7.98. The van der Waals surface area contributed by atoms with Gasteiger partial charge in [-0.3, -0.25) is 9.78 Å². The van der Waals surface area contributed by atoms with E-state index in [9.17, 15) is 4.79 Å². The summed E-state index contributed by atoms with van der Waals surface area (Å²) in [6.07, 6.45) is 2.12. The molecule has 0 fully saturated rings. The molecular weight excluding hydrogens is 238 g/mol. The van der Waals surface area contributed by atoms with Crippen molar-refractivity contribution in [3.8, 4) is 0 Å². The quantitative estimate of drug-likeness (QED) is 0.787. The van der Waals surface area contributed by atoms with E-state index in [1.54, 1.807) is 0 Å². The Balaban J connectivity index is 2.46. The molecule has 19 heavy (non-hydrogen) atoms. The van der Waals surface area contributed by atoms with Gasteiger partial charge in [0.15, 0.2) is 0 Å². The maximum atomic E-state index is 11.6. The van der Waals surface area contributed by atoms with Gasteiger partial charge in [0.05, 0.1) is 18.7 Å². The van der Waals surface area contributed by atoms with Crippen LogP contribution in [0.15, 0.2) is 30.5 Å². The fraction of sp³-hybridized carbons (Fsp3) is 0.375. The Morgan fingerprint density at radius 3 is 2.74 bits per heavy atom. The molecule has 0 N–H and O–H groups in total. The van der Waals surface area contributed by atoms with Crippen molar-refractivity contribution < 1.29 is 9.53 Å². The molecule has 0 aliphatic heterocycles. The Morgan fingerprint density at radius 1 is 1.26 bits per heavy atom. The van der Waals surface area contributed by atoms with Crippen LogP contribution in [0.2, 0.25) is 0 Å². The van der Waals surface area contributed by atoms with Crippen LogP contribution in [0.5, 0.6) is 0 Å². The molecule has 0 radical (unpaired) electrons. The lowest BCUT2D eigenvalue weighted by atomic mass is 9.98. The summed E-state index contributed by atoms with van der Waals surface area (Å²) in [7, 11) is 0. The van der Waals surface area contributed by atoms with E-state index in [1.807, 2.05) is 31.3 Å². The normalized spacial score (nSPS) is 10.9. The SMILES string of the molecule is CCOC(=O)Cc1cccc2c(C(C)C)nccc12. The third kappa shape index (κ3) is 2.92. The third-order valence-corrected chi connectivity index (χ3v) is 3.11. The van der Waals surface area contributed by atoms with E-state index < -0.39 is 0 Å². The molecule has 0 aliphatic rings. The molecule has 1 heterocycles. The van der Waals surface area contributed by atoms with Gasteiger partial charge in [0.25, 0.3) is 0 Å². The molecule has 2 aromatic rings. The summed E-state index contributed by atoms with van der Waals surface area (Å²) in [5.74, 6) is 0.180. The van der Waals surface area contributed by atoms with Crippen molar-refractivity contribution >= 4 is 16.7 Å². The van der Waals surface area contributed by atoms with Crippen LogP contribution >= 0.6 is 0 Å². The lowest BCUT2D eigenvalue weighted by molar-refractivity contribution is -0.142. The van der Waals surface area contributed by atoms with Crippen LogP contribution < -0.4 is 0 Å². The molecule has 1 aromatic carbocycles. The first-order valence-corrected chi connectivity index (χ1v) is 6.65. The second-order valence-corrected chi connectivity index (χ2v) is 4.84. The Kier molecular flexibility index (Phi) is 4.15. The van der Waals surface area contributed by atoms with E-state index in [-0.39, 0.29) is 5.97 Å². The predicted octanol–water partition coefficient (Wildman–Crippen LogP) is 3.46. The Hall–Kier alpha value is -1.90. The summed E-state index contributed by atoms with van der Waals surface area (Å²) in [5, 5.41) is 2.22. The lowest BCUT2D eigenvalue weighted by Gasteiger charge is -2.11. The minimum Gasteiger partial charge on any atom is -0.466 e. The highest BCUT2D eigenvalue weighted by atomic mass is 16.5. The van der Waals surface area contributed by atoms with Gasteiger partial charge in [-0.1, -0.05) is 32.0 Å². The molecular formula is C16H19NO2. The summed E-state index contributed by atoms with van der Waals surface area (Å²) in [4.78, 5) is 16.1. The molecule has 0 unspecified atom stereocenters. The van der Waals surface area contributed by atoms with Gasteiger partial charge < -0.3 is 4.74 Å². The van der Waals surface area contributed by atoms with Crippen LogP contribution in [-0.4, -0.2) is 17.6 Å². The number of rotatable bonds is 4. The second-order valence-electron chi connectivity index (χ2n) is 4.84. The summed E-state index contributed by atoms with van der Waals surface area (Å²) >= 11 is 0. The maximum Gasteiger partial charge on any atom is 0.310 e. The molecule has 3 nitrogen and oxygen atoms in total. The molecule has 2 rings (SSSR count). The van der Waals surface area contributed by atoms with E-state index in [0.29, 0.717) is 18.9 Å². The first-order chi connectivity index (χ1) is 9.13. The highest BCUT2D eigenvalue weighted by Gasteiger charge is 2.11. The van der Waals surface area contributed by atoms with E-state index >= 15 is 0 Å². The van der Waals surface area contributed by atoms with Crippen molar-refractivity contribution in [2.24, 2.45) is 0 Å². The Labute approximate surface area is 113 Å². The van der Waals surface area contributed by atoms with Crippen molar-refractivity contribution in [3.63, 3.8) is 0 Å². The van der Waals surface area contributed by atoms with Crippen LogP contribution in [0.4, 0.5) is 0 Å². The maximum absolute atomic E-state index is 11.6. The van der Waals surface area contributed by atoms with Gasteiger partial charge in [-0.2, -0.15) is 0 Å². The van der Waals surface area contributed by atoms with Crippen LogP contribution in [0.3, 0.4) is 0 Å². The first-order valence-electron chi connectivity index (χ1n) is 6.65. The highest BCUT2D eigenvalue weighted by molar-refractivity contribution is 5.90. The zero-order valence-electron chi connectivity index (χ0n) is 11.6. The van der Waals surface area contributed by atoms with Gasteiger partial charge in [-0.05, 0) is 29.9 Å². The number of nitrogens with zero attached hydrogens (tertiary/aromatic N) is 1. The monoisotopic (exact) mass is 257 g/mol. The standard InChI is InChI=1S/C16H19NO2/c1-4-19-15(18)10-12-6-5-7-14-13(12)8-9-17-16(14)11(2)3/h5-9,11H,4,10H2,1-3H3. The van der Waals surface area contributed by atoms with E-state index in [4.69, 9.17) is 4.74 Å². The largest absolute Gasteiger partial charge is 0.466 e. The number of pyridine rings is 1. The highest BCUT2D eigenvalue weighted by Crippen LogP contribution is 2.26. The number of benzene rings is 1. The average molecular weight is 257 g/mol. The van der Waals surface area contributed by atoms with Crippen LogP contribution in [0.1, 0.15) is 37.9 Å². The number of fused-ring (bicyclic) bond motifs is 1. The number of esters is 1. The van der Waals surface area contributed by atoms with Crippen LogP contribution in [-0.2, 0) is 16.0 Å². The average Bonchev–Trinajstić information content (AvgIpc) is 2.38. The fourth-order valence-corrected chi connectivity index (χ4v) is 2.28. The Bertz CT molecular complexity index is 590. The topological polar surface area (TPSA) is 39.2 Å². The number of hydrogen-bond acceptors (Lipinski definition) is 3. The molecule has 0 atom stereocenters. The molecule has 100 valence electrons. The van der Waals surface area contributed by atoms with Crippen molar-refractivity contribution in [1.82, 2.24) is 4.98 Å². The molecule has 0 spiro atoms. The molecule has 0 saturated heterocycles. The second kappa shape index (κ2) is 5.83. The summed E-state index contributed by atoms with van der Waals surface area (Å²) < 4.78 is 5.02. The van der Waals surface area contributed by atoms with Crippen molar-refractivity contribution in [2.45, 2.75) is 33.1 Å². The first kappa shape index (κ1) is 13.5.